The van der Waals surface area contributed by atoms with Crippen molar-refractivity contribution in [2.45, 2.75) is 36.1 Å². The molecule has 3 N–H and O–H groups in total. The second-order valence-corrected chi connectivity index (χ2v) is 5.80. The van der Waals surface area contributed by atoms with Crippen molar-refractivity contribution in [2.24, 2.45) is 5.84 Å². The summed E-state index contributed by atoms with van der Waals surface area (Å²) in [6.45, 7) is 1.94. The molecular weight excluding hydrogens is 256 g/mol. The van der Waals surface area contributed by atoms with Crippen molar-refractivity contribution in [3.05, 3.63) is 41.1 Å². The standard InChI is InChI=1S/C14H16N4S/c1-9-7-13(17-14(16-9)18-15)19-12-6-5-10-3-2-4-11(10)8-12/h5-8H,2-4,15H2,1H3,(H,16,17,18). The molecule has 0 spiro atoms. The second-order valence-electron chi connectivity index (χ2n) is 4.70. The number of anilines is 1. The fourth-order valence-corrected chi connectivity index (χ4v) is 3.33. The molecule has 0 radical (unpaired) electrons. The average Bonchev–Trinajstić information content (AvgIpc) is 2.85. The van der Waals surface area contributed by atoms with Crippen molar-refractivity contribution in [1.82, 2.24) is 9.97 Å². The Morgan fingerprint density at radius 3 is 2.84 bits per heavy atom. The van der Waals surface area contributed by atoms with Gasteiger partial charge < -0.3 is 0 Å². The fourth-order valence-electron chi connectivity index (χ4n) is 2.39. The summed E-state index contributed by atoms with van der Waals surface area (Å²) >= 11 is 1.65. The SMILES string of the molecule is Cc1cc(Sc2ccc3c(c2)CCC3)nc(NN)n1. The Labute approximate surface area is 116 Å². The van der Waals surface area contributed by atoms with Crippen LogP contribution in [-0.2, 0) is 12.8 Å². The van der Waals surface area contributed by atoms with Gasteiger partial charge in [-0.25, -0.2) is 15.8 Å². The maximum atomic E-state index is 5.37. The van der Waals surface area contributed by atoms with Gasteiger partial charge >= 0.3 is 0 Å². The minimum absolute atomic E-state index is 0.462. The normalized spacial score (nSPS) is 13.4. The van der Waals surface area contributed by atoms with Crippen molar-refractivity contribution in [3.63, 3.8) is 0 Å². The molecule has 19 heavy (non-hydrogen) atoms. The Balaban J connectivity index is 1.86. The number of nitrogens with two attached hydrogens (primary N) is 1. The van der Waals surface area contributed by atoms with Gasteiger partial charge in [0.05, 0.1) is 0 Å². The number of benzene rings is 1. The third-order valence-electron chi connectivity index (χ3n) is 3.25. The zero-order valence-electron chi connectivity index (χ0n) is 10.8. The minimum Gasteiger partial charge on any atom is -0.292 e. The van der Waals surface area contributed by atoms with E-state index in [0.29, 0.717) is 5.95 Å². The van der Waals surface area contributed by atoms with Gasteiger partial charge in [0.15, 0.2) is 0 Å². The Morgan fingerprint density at radius 1 is 1.16 bits per heavy atom. The van der Waals surface area contributed by atoms with E-state index in [1.54, 1.807) is 11.8 Å². The van der Waals surface area contributed by atoms with Crippen LogP contribution in [0.4, 0.5) is 5.95 Å². The van der Waals surface area contributed by atoms with Crippen molar-refractivity contribution in [1.29, 1.82) is 0 Å². The zero-order chi connectivity index (χ0) is 13.2. The topological polar surface area (TPSA) is 63.8 Å². The fraction of sp³-hybridized carbons (Fsp3) is 0.286. The number of fused-ring (bicyclic) bond motifs is 1. The van der Waals surface area contributed by atoms with Gasteiger partial charge in [-0.3, -0.25) is 5.43 Å². The monoisotopic (exact) mass is 272 g/mol. The van der Waals surface area contributed by atoms with Gasteiger partial charge in [-0.1, -0.05) is 17.8 Å². The Kier molecular flexibility index (Phi) is 3.40. The predicted octanol–water partition coefficient (Wildman–Crippen LogP) is 2.71. The molecule has 0 unspecified atom stereocenters. The summed E-state index contributed by atoms with van der Waals surface area (Å²) in [5, 5.41) is 0.915. The van der Waals surface area contributed by atoms with E-state index in [1.165, 1.54) is 35.3 Å². The van der Waals surface area contributed by atoms with Crippen LogP contribution in [-0.4, -0.2) is 9.97 Å². The predicted molar refractivity (Wildman–Crippen MR) is 77.2 cm³/mol. The van der Waals surface area contributed by atoms with Gasteiger partial charge in [-0.2, -0.15) is 0 Å². The maximum absolute atomic E-state index is 5.37. The number of nitrogen functional groups attached to an aromatic ring is 1. The van der Waals surface area contributed by atoms with Crippen molar-refractivity contribution in [2.75, 3.05) is 5.43 Å². The van der Waals surface area contributed by atoms with Gasteiger partial charge in [0, 0.05) is 10.6 Å². The van der Waals surface area contributed by atoms with Crippen LogP contribution < -0.4 is 11.3 Å². The number of nitrogens with one attached hydrogen (secondary N) is 1. The molecule has 1 aliphatic rings. The highest BCUT2D eigenvalue weighted by Gasteiger charge is 2.11. The molecule has 0 bridgehead atoms. The molecule has 0 amide bonds. The van der Waals surface area contributed by atoms with Crippen LogP contribution >= 0.6 is 11.8 Å². The van der Waals surface area contributed by atoms with Crippen LogP contribution in [0.1, 0.15) is 23.2 Å². The number of rotatable bonds is 3. The molecule has 5 heteroatoms. The van der Waals surface area contributed by atoms with E-state index >= 15 is 0 Å². The van der Waals surface area contributed by atoms with Crippen LogP contribution in [0.3, 0.4) is 0 Å². The molecule has 2 aromatic rings. The van der Waals surface area contributed by atoms with Crippen molar-refractivity contribution in [3.8, 4) is 0 Å². The Hall–Kier alpha value is -1.59. The van der Waals surface area contributed by atoms with Gasteiger partial charge in [0.2, 0.25) is 5.95 Å². The summed E-state index contributed by atoms with van der Waals surface area (Å²) in [7, 11) is 0. The summed E-state index contributed by atoms with van der Waals surface area (Å²) in [6, 6.07) is 8.65. The quantitative estimate of drug-likeness (QED) is 0.511. The highest BCUT2D eigenvalue weighted by Crippen LogP contribution is 2.31. The second kappa shape index (κ2) is 5.19. The van der Waals surface area contributed by atoms with E-state index in [9.17, 15) is 0 Å². The molecule has 0 aliphatic heterocycles. The van der Waals surface area contributed by atoms with Gasteiger partial charge in [-0.05, 0) is 55.5 Å². The molecule has 0 saturated carbocycles. The minimum atomic E-state index is 0.462. The third kappa shape index (κ3) is 2.72. The molecule has 0 atom stereocenters. The van der Waals surface area contributed by atoms with Crippen molar-refractivity contribution >= 4 is 17.7 Å². The third-order valence-corrected chi connectivity index (χ3v) is 4.16. The number of aromatic nitrogens is 2. The van der Waals surface area contributed by atoms with Gasteiger partial charge in [0.25, 0.3) is 0 Å². The summed E-state index contributed by atoms with van der Waals surface area (Å²) < 4.78 is 0. The lowest BCUT2D eigenvalue weighted by Crippen LogP contribution is -2.11. The van der Waals surface area contributed by atoms with Crippen LogP contribution in [0, 0.1) is 6.92 Å². The first kappa shape index (κ1) is 12.4. The number of hydrogen-bond donors (Lipinski definition) is 2. The van der Waals surface area contributed by atoms with Gasteiger partial charge in [0.1, 0.15) is 5.03 Å². The Bertz CT molecular complexity index is 612. The summed E-state index contributed by atoms with van der Waals surface area (Å²) in [5.41, 5.74) is 6.38. The molecular formula is C14H16N4S. The van der Waals surface area contributed by atoms with Crippen molar-refractivity contribution < 1.29 is 0 Å². The lowest BCUT2D eigenvalue weighted by atomic mass is 10.1. The van der Waals surface area contributed by atoms with Crippen LogP contribution in [0.2, 0.25) is 0 Å². The highest BCUT2D eigenvalue weighted by molar-refractivity contribution is 7.99. The van der Waals surface area contributed by atoms with E-state index in [2.05, 4.69) is 33.6 Å². The van der Waals surface area contributed by atoms with Gasteiger partial charge in [-0.15, -0.1) is 0 Å². The van der Waals surface area contributed by atoms with Crippen LogP contribution in [0.15, 0.2) is 34.2 Å². The molecule has 0 saturated heterocycles. The summed E-state index contributed by atoms with van der Waals surface area (Å²) in [5.74, 6) is 5.83. The lowest BCUT2D eigenvalue weighted by Gasteiger charge is -2.06. The van der Waals surface area contributed by atoms with E-state index in [4.69, 9.17) is 5.84 Å². The van der Waals surface area contributed by atoms with Crippen LogP contribution in [0.5, 0.6) is 0 Å². The number of hydrazine groups is 1. The Morgan fingerprint density at radius 2 is 2.00 bits per heavy atom. The smallest absolute Gasteiger partial charge is 0.238 e. The first-order chi connectivity index (χ1) is 9.24. The van der Waals surface area contributed by atoms with E-state index in [1.807, 2.05) is 13.0 Å². The van der Waals surface area contributed by atoms with E-state index < -0.39 is 0 Å². The molecule has 1 aromatic carbocycles. The zero-order valence-corrected chi connectivity index (χ0v) is 11.6. The molecule has 0 fully saturated rings. The molecule has 1 aromatic heterocycles. The summed E-state index contributed by atoms with van der Waals surface area (Å²) in [4.78, 5) is 9.77. The average molecular weight is 272 g/mol. The molecule has 1 heterocycles. The van der Waals surface area contributed by atoms with E-state index in [0.717, 1.165) is 10.7 Å². The molecule has 4 nitrogen and oxygen atoms in total. The maximum Gasteiger partial charge on any atom is 0.238 e. The molecule has 1 aliphatic carbocycles. The molecule has 98 valence electrons. The number of hydrogen-bond acceptors (Lipinski definition) is 5. The highest BCUT2D eigenvalue weighted by atomic mass is 32.2. The van der Waals surface area contributed by atoms with Crippen LogP contribution in [0.25, 0.3) is 0 Å². The summed E-state index contributed by atoms with van der Waals surface area (Å²) in [6.07, 6.45) is 3.69. The van der Waals surface area contributed by atoms with E-state index in [-0.39, 0.29) is 0 Å². The molecule has 3 rings (SSSR count). The number of aryl methyl sites for hydroxylation is 3. The largest absolute Gasteiger partial charge is 0.292 e. The lowest BCUT2D eigenvalue weighted by molar-refractivity contribution is 0.911. The number of nitrogens with zero attached hydrogens (tertiary/aromatic N) is 2. The first-order valence-electron chi connectivity index (χ1n) is 6.36. The first-order valence-corrected chi connectivity index (χ1v) is 7.18.